The van der Waals surface area contributed by atoms with E-state index < -0.39 is 0 Å². The molecule has 17 heavy (non-hydrogen) atoms. The van der Waals surface area contributed by atoms with Gasteiger partial charge in [0, 0.05) is 18.6 Å². The van der Waals surface area contributed by atoms with Crippen LogP contribution in [-0.2, 0) is 12.8 Å². The first-order valence-electron chi connectivity index (χ1n) is 6.84. The van der Waals surface area contributed by atoms with Crippen LogP contribution in [0.1, 0.15) is 24.0 Å². The Morgan fingerprint density at radius 3 is 2.71 bits per heavy atom. The van der Waals surface area contributed by atoms with Crippen LogP contribution in [0.2, 0.25) is 0 Å². The fourth-order valence-corrected chi connectivity index (χ4v) is 3.31. The highest BCUT2D eigenvalue weighted by Gasteiger charge is 2.28. The van der Waals surface area contributed by atoms with Crippen molar-refractivity contribution in [2.75, 3.05) is 20.1 Å². The molecular formula is C15H22N2. The van der Waals surface area contributed by atoms with Crippen LogP contribution in [0.5, 0.6) is 0 Å². The van der Waals surface area contributed by atoms with Gasteiger partial charge < -0.3 is 5.32 Å². The standard InChI is InChI=1S/C15H22N2/c1-17(15-8-9-16-11-15)14-7-6-12-4-2-3-5-13(12)10-14/h2-5,14-16H,6-11H2,1H3. The lowest BCUT2D eigenvalue weighted by Gasteiger charge is -2.36. The number of likely N-dealkylation sites (N-methyl/N-ethyl adjacent to an activating group) is 1. The predicted octanol–water partition coefficient (Wildman–Crippen LogP) is 1.84. The molecule has 2 unspecified atom stereocenters. The van der Waals surface area contributed by atoms with Crippen molar-refractivity contribution in [1.82, 2.24) is 10.2 Å². The number of hydrogen-bond acceptors (Lipinski definition) is 2. The van der Waals surface area contributed by atoms with Gasteiger partial charge in [0.15, 0.2) is 0 Å². The highest BCUT2D eigenvalue weighted by atomic mass is 15.2. The second kappa shape index (κ2) is 4.79. The summed E-state index contributed by atoms with van der Waals surface area (Å²) in [5, 5.41) is 3.47. The van der Waals surface area contributed by atoms with Crippen LogP contribution >= 0.6 is 0 Å². The Morgan fingerprint density at radius 2 is 1.94 bits per heavy atom. The van der Waals surface area contributed by atoms with E-state index in [0.29, 0.717) is 0 Å². The van der Waals surface area contributed by atoms with Crippen molar-refractivity contribution in [2.45, 2.75) is 37.8 Å². The summed E-state index contributed by atoms with van der Waals surface area (Å²) in [6.07, 6.45) is 5.13. The summed E-state index contributed by atoms with van der Waals surface area (Å²) >= 11 is 0. The lowest BCUT2D eigenvalue weighted by molar-refractivity contribution is 0.168. The highest BCUT2D eigenvalue weighted by molar-refractivity contribution is 5.30. The van der Waals surface area contributed by atoms with Crippen molar-refractivity contribution < 1.29 is 0 Å². The van der Waals surface area contributed by atoms with E-state index in [1.54, 1.807) is 11.1 Å². The molecule has 2 heteroatoms. The summed E-state index contributed by atoms with van der Waals surface area (Å²) in [5.74, 6) is 0. The zero-order chi connectivity index (χ0) is 11.7. The van der Waals surface area contributed by atoms with Crippen LogP contribution in [0.4, 0.5) is 0 Å². The van der Waals surface area contributed by atoms with Crippen molar-refractivity contribution in [3.63, 3.8) is 0 Å². The van der Waals surface area contributed by atoms with Gasteiger partial charge in [-0.05, 0) is 50.4 Å². The van der Waals surface area contributed by atoms with Gasteiger partial charge in [0.05, 0.1) is 0 Å². The molecule has 0 amide bonds. The molecule has 0 bridgehead atoms. The molecule has 1 aliphatic heterocycles. The van der Waals surface area contributed by atoms with Crippen molar-refractivity contribution in [2.24, 2.45) is 0 Å². The molecule has 1 heterocycles. The van der Waals surface area contributed by atoms with E-state index in [9.17, 15) is 0 Å². The zero-order valence-corrected chi connectivity index (χ0v) is 10.7. The molecule has 1 aromatic rings. The van der Waals surface area contributed by atoms with E-state index in [0.717, 1.165) is 12.1 Å². The maximum atomic E-state index is 3.47. The molecule has 1 aliphatic carbocycles. The molecule has 0 saturated carbocycles. The number of fused-ring (bicyclic) bond motifs is 1. The minimum Gasteiger partial charge on any atom is -0.315 e. The molecule has 2 nitrogen and oxygen atoms in total. The SMILES string of the molecule is CN(C1CCNC1)C1CCc2ccccc2C1. The Balaban J connectivity index is 1.70. The number of nitrogens with zero attached hydrogens (tertiary/aromatic N) is 1. The van der Waals surface area contributed by atoms with Gasteiger partial charge in [0.2, 0.25) is 0 Å². The lowest BCUT2D eigenvalue weighted by atomic mass is 9.87. The van der Waals surface area contributed by atoms with Gasteiger partial charge in [-0.3, -0.25) is 4.90 Å². The van der Waals surface area contributed by atoms with E-state index in [1.807, 2.05) is 0 Å². The topological polar surface area (TPSA) is 15.3 Å². The molecule has 0 aromatic heterocycles. The molecular weight excluding hydrogens is 208 g/mol. The molecule has 2 atom stereocenters. The number of hydrogen-bond donors (Lipinski definition) is 1. The summed E-state index contributed by atoms with van der Waals surface area (Å²) in [6.45, 7) is 2.37. The van der Waals surface area contributed by atoms with Crippen LogP contribution in [0.25, 0.3) is 0 Å². The normalized spacial score (nSPS) is 28.4. The zero-order valence-electron chi connectivity index (χ0n) is 10.7. The Hall–Kier alpha value is -0.860. The number of nitrogens with one attached hydrogen (secondary N) is 1. The fraction of sp³-hybridized carbons (Fsp3) is 0.600. The third kappa shape index (κ3) is 2.24. The minimum atomic E-state index is 0.745. The smallest absolute Gasteiger partial charge is 0.0232 e. The first kappa shape index (κ1) is 11.2. The van der Waals surface area contributed by atoms with Crippen LogP contribution < -0.4 is 5.32 Å². The molecule has 1 aromatic carbocycles. The number of benzene rings is 1. The van der Waals surface area contributed by atoms with Gasteiger partial charge in [-0.15, -0.1) is 0 Å². The third-order valence-corrected chi connectivity index (χ3v) is 4.51. The first-order valence-corrected chi connectivity index (χ1v) is 6.84. The number of rotatable bonds is 2. The molecule has 0 spiro atoms. The molecule has 0 radical (unpaired) electrons. The van der Waals surface area contributed by atoms with Gasteiger partial charge >= 0.3 is 0 Å². The first-order chi connectivity index (χ1) is 8.34. The van der Waals surface area contributed by atoms with Gasteiger partial charge in [0.1, 0.15) is 0 Å². The van der Waals surface area contributed by atoms with Crippen LogP contribution in [-0.4, -0.2) is 37.1 Å². The van der Waals surface area contributed by atoms with Gasteiger partial charge in [-0.2, -0.15) is 0 Å². The van der Waals surface area contributed by atoms with E-state index >= 15 is 0 Å². The van der Waals surface area contributed by atoms with E-state index in [2.05, 4.69) is 41.5 Å². The van der Waals surface area contributed by atoms with Crippen LogP contribution in [0.3, 0.4) is 0 Å². The van der Waals surface area contributed by atoms with Crippen LogP contribution in [0.15, 0.2) is 24.3 Å². The van der Waals surface area contributed by atoms with Crippen LogP contribution in [0, 0.1) is 0 Å². The molecule has 1 N–H and O–H groups in total. The Bertz CT molecular complexity index is 382. The average Bonchev–Trinajstić information content (AvgIpc) is 2.91. The van der Waals surface area contributed by atoms with E-state index in [4.69, 9.17) is 0 Å². The molecule has 3 rings (SSSR count). The van der Waals surface area contributed by atoms with Gasteiger partial charge in [0.25, 0.3) is 0 Å². The molecule has 2 aliphatic rings. The fourth-order valence-electron chi connectivity index (χ4n) is 3.31. The van der Waals surface area contributed by atoms with Gasteiger partial charge in [-0.1, -0.05) is 24.3 Å². The van der Waals surface area contributed by atoms with Crippen molar-refractivity contribution in [1.29, 1.82) is 0 Å². The summed E-state index contributed by atoms with van der Waals surface area (Å²) < 4.78 is 0. The second-order valence-electron chi connectivity index (χ2n) is 5.48. The monoisotopic (exact) mass is 230 g/mol. The maximum absolute atomic E-state index is 3.47. The average molecular weight is 230 g/mol. The summed E-state index contributed by atoms with van der Waals surface area (Å²) in [5.41, 5.74) is 3.14. The van der Waals surface area contributed by atoms with Crippen molar-refractivity contribution in [3.8, 4) is 0 Å². The van der Waals surface area contributed by atoms with Crippen molar-refractivity contribution >= 4 is 0 Å². The van der Waals surface area contributed by atoms with Crippen molar-refractivity contribution in [3.05, 3.63) is 35.4 Å². The maximum Gasteiger partial charge on any atom is 0.0232 e. The Kier molecular flexibility index (Phi) is 3.17. The summed E-state index contributed by atoms with van der Waals surface area (Å²) in [7, 11) is 2.32. The largest absolute Gasteiger partial charge is 0.315 e. The highest BCUT2D eigenvalue weighted by Crippen LogP contribution is 2.25. The lowest BCUT2D eigenvalue weighted by Crippen LogP contribution is -2.44. The van der Waals surface area contributed by atoms with Gasteiger partial charge in [-0.25, -0.2) is 0 Å². The Labute approximate surface area is 104 Å². The third-order valence-electron chi connectivity index (χ3n) is 4.51. The second-order valence-corrected chi connectivity index (χ2v) is 5.48. The Morgan fingerprint density at radius 1 is 1.12 bits per heavy atom. The summed E-state index contributed by atoms with van der Waals surface area (Å²) in [4.78, 5) is 2.62. The minimum absolute atomic E-state index is 0.745. The van der Waals surface area contributed by atoms with E-state index in [1.165, 1.54) is 38.8 Å². The molecule has 1 saturated heterocycles. The molecule has 92 valence electrons. The molecule has 1 fully saturated rings. The summed E-state index contributed by atoms with van der Waals surface area (Å²) in [6, 6.07) is 10.5. The quantitative estimate of drug-likeness (QED) is 0.834. The predicted molar refractivity (Wildman–Crippen MR) is 71.3 cm³/mol. The van der Waals surface area contributed by atoms with E-state index in [-0.39, 0.29) is 0 Å². The number of aryl methyl sites for hydroxylation is 1.